The molecule has 0 fully saturated rings. The highest BCUT2D eigenvalue weighted by Gasteiger charge is 2.13. The molecule has 3 aromatic heterocycles. The number of aryl methyl sites for hydroxylation is 2. The molecule has 0 spiro atoms. The van der Waals surface area contributed by atoms with Crippen LogP contribution in [0.5, 0.6) is 0 Å². The van der Waals surface area contributed by atoms with Crippen LogP contribution in [0.25, 0.3) is 21.6 Å². The molecule has 3 heterocycles. The van der Waals surface area contributed by atoms with Crippen molar-refractivity contribution in [1.29, 1.82) is 0 Å². The quantitative estimate of drug-likeness (QED) is 0.553. The number of thiophene rings is 3. The number of hydrogen-bond donors (Lipinski definition) is 0. The third-order valence-corrected chi connectivity index (χ3v) is 5.56. The van der Waals surface area contributed by atoms with Gasteiger partial charge in [-0.15, -0.1) is 34.0 Å². The number of hydrogen-bond acceptors (Lipinski definition) is 3. The van der Waals surface area contributed by atoms with Crippen LogP contribution in [-0.2, 0) is 0 Å². The Morgan fingerprint density at radius 2 is 1.18 bits per heavy atom. The standard InChI is InChI=1S/C14H12S3/c1-9-11(3-6-15-9)13-5-8-17-14(13)12-4-7-16-10(12)2/h3-8H,1-2H3. The van der Waals surface area contributed by atoms with E-state index in [-0.39, 0.29) is 0 Å². The van der Waals surface area contributed by atoms with E-state index in [9.17, 15) is 0 Å². The Bertz CT molecular complexity index is 585. The summed E-state index contributed by atoms with van der Waals surface area (Å²) >= 11 is 5.48. The lowest BCUT2D eigenvalue weighted by Crippen LogP contribution is -1.78. The van der Waals surface area contributed by atoms with Crippen LogP contribution < -0.4 is 0 Å². The fourth-order valence-corrected chi connectivity index (χ4v) is 4.49. The van der Waals surface area contributed by atoms with Crippen LogP contribution in [0.4, 0.5) is 0 Å². The van der Waals surface area contributed by atoms with Crippen molar-refractivity contribution in [3.05, 3.63) is 44.1 Å². The molecule has 0 aliphatic heterocycles. The SMILES string of the molecule is Cc1sccc1-c1ccsc1-c1ccsc1C. The molecule has 0 aliphatic carbocycles. The minimum atomic E-state index is 1.38. The summed E-state index contributed by atoms with van der Waals surface area (Å²) in [7, 11) is 0. The normalized spacial score (nSPS) is 10.9. The first-order valence-electron chi connectivity index (χ1n) is 5.44. The maximum Gasteiger partial charge on any atom is 0.0432 e. The lowest BCUT2D eigenvalue weighted by Gasteiger charge is -2.03. The number of rotatable bonds is 2. The van der Waals surface area contributed by atoms with Gasteiger partial charge >= 0.3 is 0 Å². The molecule has 0 amide bonds. The summed E-state index contributed by atoms with van der Waals surface area (Å²) in [5.41, 5.74) is 4.16. The predicted molar refractivity (Wildman–Crippen MR) is 80.4 cm³/mol. The Kier molecular flexibility index (Phi) is 2.90. The molecule has 0 radical (unpaired) electrons. The Morgan fingerprint density at radius 3 is 1.76 bits per heavy atom. The summed E-state index contributed by atoms with van der Waals surface area (Å²) in [6.07, 6.45) is 0. The van der Waals surface area contributed by atoms with E-state index in [0.717, 1.165) is 0 Å². The van der Waals surface area contributed by atoms with Crippen molar-refractivity contribution in [3.63, 3.8) is 0 Å². The van der Waals surface area contributed by atoms with E-state index in [0.29, 0.717) is 0 Å². The Balaban J connectivity index is 2.19. The van der Waals surface area contributed by atoms with E-state index in [1.807, 2.05) is 34.0 Å². The lowest BCUT2D eigenvalue weighted by molar-refractivity contribution is 1.60. The van der Waals surface area contributed by atoms with E-state index in [1.165, 1.54) is 31.3 Å². The monoisotopic (exact) mass is 276 g/mol. The van der Waals surface area contributed by atoms with Crippen LogP contribution in [0.2, 0.25) is 0 Å². The first-order chi connectivity index (χ1) is 8.27. The Morgan fingerprint density at radius 1 is 0.647 bits per heavy atom. The van der Waals surface area contributed by atoms with Crippen molar-refractivity contribution >= 4 is 34.0 Å². The van der Waals surface area contributed by atoms with Gasteiger partial charge in [-0.25, -0.2) is 0 Å². The topological polar surface area (TPSA) is 0 Å². The molecule has 0 N–H and O–H groups in total. The van der Waals surface area contributed by atoms with Gasteiger partial charge < -0.3 is 0 Å². The molecule has 0 bridgehead atoms. The minimum Gasteiger partial charge on any atom is -0.149 e. The van der Waals surface area contributed by atoms with Gasteiger partial charge in [0.25, 0.3) is 0 Å². The molecule has 3 heteroatoms. The summed E-state index contributed by atoms with van der Waals surface area (Å²) in [6.45, 7) is 4.39. The van der Waals surface area contributed by atoms with E-state index in [4.69, 9.17) is 0 Å². The Hall–Kier alpha value is -0.900. The molecular weight excluding hydrogens is 264 g/mol. The van der Waals surface area contributed by atoms with Gasteiger partial charge in [-0.1, -0.05) is 0 Å². The highest BCUT2D eigenvalue weighted by atomic mass is 32.1. The van der Waals surface area contributed by atoms with E-state index >= 15 is 0 Å². The predicted octanol–water partition coefficient (Wildman–Crippen LogP) is 5.82. The first-order valence-corrected chi connectivity index (χ1v) is 8.07. The van der Waals surface area contributed by atoms with Crippen LogP contribution in [0.15, 0.2) is 34.3 Å². The summed E-state index contributed by atoms with van der Waals surface area (Å²) in [5, 5.41) is 6.54. The highest BCUT2D eigenvalue weighted by Crippen LogP contribution is 2.41. The summed E-state index contributed by atoms with van der Waals surface area (Å²) < 4.78 is 0. The van der Waals surface area contributed by atoms with Crippen molar-refractivity contribution < 1.29 is 0 Å². The lowest BCUT2D eigenvalue weighted by atomic mass is 10.0. The zero-order chi connectivity index (χ0) is 11.8. The van der Waals surface area contributed by atoms with Crippen LogP contribution in [0.1, 0.15) is 9.75 Å². The minimum absolute atomic E-state index is 1.38. The second-order valence-corrected chi connectivity index (χ2v) is 7.10. The van der Waals surface area contributed by atoms with Crippen LogP contribution in [0, 0.1) is 13.8 Å². The van der Waals surface area contributed by atoms with Gasteiger partial charge in [0.15, 0.2) is 0 Å². The fraction of sp³-hybridized carbons (Fsp3) is 0.143. The van der Waals surface area contributed by atoms with E-state index in [1.54, 1.807) is 0 Å². The van der Waals surface area contributed by atoms with Crippen LogP contribution >= 0.6 is 34.0 Å². The van der Waals surface area contributed by atoms with Gasteiger partial charge in [0.2, 0.25) is 0 Å². The van der Waals surface area contributed by atoms with Crippen molar-refractivity contribution in [1.82, 2.24) is 0 Å². The van der Waals surface area contributed by atoms with Gasteiger partial charge in [0.05, 0.1) is 0 Å². The second-order valence-electron chi connectivity index (χ2n) is 3.94. The smallest absolute Gasteiger partial charge is 0.0432 e. The van der Waals surface area contributed by atoms with Crippen molar-refractivity contribution in [3.8, 4) is 21.6 Å². The molecule has 0 nitrogen and oxygen atoms in total. The van der Waals surface area contributed by atoms with Gasteiger partial charge in [0, 0.05) is 25.8 Å². The van der Waals surface area contributed by atoms with Crippen molar-refractivity contribution in [2.24, 2.45) is 0 Å². The maximum absolute atomic E-state index is 2.24. The Labute approximate surface area is 113 Å². The fourth-order valence-electron chi connectivity index (χ4n) is 2.01. The van der Waals surface area contributed by atoms with Gasteiger partial charge in [0.1, 0.15) is 0 Å². The van der Waals surface area contributed by atoms with Gasteiger partial charge in [-0.3, -0.25) is 0 Å². The van der Waals surface area contributed by atoms with Crippen LogP contribution in [0.3, 0.4) is 0 Å². The zero-order valence-electron chi connectivity index (χ0n) is 9.69. The molecule has 0 saturated heterocycles. The molecule has 0 atom stereocenters. The molecule has 3 aromatic rings. The molecular formula is C14H12S3. The maximum atomic E-state index is 2.24. The molecule has 0 aliphatic rings. The highest BCUT2D eigenvalue weighted by molar-refractivity contribution is 7.15. The molecule has 0 aromatic carbocycles. The van der Waals surface area contributed by atoms with Crippen molar-refractivity contribution in [2.45, 2.75) is 13.8 Å². The van der Waals surface area contributed by atoms with Crippen molar-refractivity contribution in [2.75, 3.05) is 0 Å². The summed E-state index contributed by atoms with van der Waals surface area (Å²) in [5.74, 6) is 0. The molecule has 0 saturated carbocycles. The molecule has 3 rings (SSSR count). The first kappa shape index (κ1) is 11.2. The van der Waals surface area contributed by atoms with Gasteiger partial charge in [-0.2, -0.15) is 0 Å². The van der Waals surface area contributed by atoms with Crippen LogP contribution in [-0.4, -0.2) is 0 Å². The van der Waals surface area contributed by atoms with E-state index < -0.39 is 0 Å². The molecule has 0 unspecified atom stereocenters. The largest absolute Gasteiger partial charge is 0.149 e. The van der Waals surface area contributed by atoms with E-state index in [2.05, 4.69) is 48.2 Å². The second kappa shape index (κ2) is 4.41. The third-order valence-electron chi connectivity index (χ3n) is 2.92. The summed E-state index contributed by atoms with van der Waals surface area (Å²) in [6, 6.07) is 6.70. The zero-order valence-corrected chi connectivity index (χ0v) is 12.1. The third kappa shape index (κ3) is 1.88. The van der Waals surface area contributed by atoms with Gasteiger partial charge in [-0.05, 0) is 53.8 Å². The summed E-state index contributed by atoms with van der Waals surface area (Å²) in [4.78, 5) is 4.21. The average Bonchev–Trinajstić information content (AvgIpc) is 2.97. The molecule has 86 valence electrons. The molecule has 17 heavy (non-hydrogen) atoms. The average molecular weight is 276 g/mol.